The first-order valence-corrected chi connectivity index (χ1v) is 7.19. The molecule has 18 heavy (non-hydrogen) atoms. The predicted octanol–water partition coefficient (Wildman–Crippen LogP) is 4.53. The van der Waals surface area contributed by atoms with Crippen LogP contribution in [0, 0.1) is 0 Å². The third-order valence-corrected chi connectivity index (χ3v) is 3.69. The van der Waals surface area contributed by atoms with Crippen molar-refractivity contribution in [2.45, 2.75) is 25.4 Å². The quantitative estimate of drug-likeness (QED) is 0.781. The van der Waals surface area contributed by atoms with E-state index >= 15 is 0 Å². The highest BCUT2D eigenvalue weighted by atomic mass is 32.1. The Hall–Kier alpha value is -1.38. The predicted molar refractivity (Wildman–Crippen MR) is 77.9 cm³/mol. The summed E-state index contributed by atoms with van der Waals surface area (Å²) in [7, 11) is 0. The highest BCUT2D eigenvalue weighted by Gasteiger charge is 2.20. The first-order chi connectivity index (χ1) is 8.83. The van der Waals surface area contributed by atoms with Crippen LogP contribution in [0.1, 0.15) is 36.5 Å². The van der Waals surface area contributed by atoms with E-state index in [9.17, 15) is 5.11 Å². The standard InChI is InChI=1S/C16H18OS/c1-2-3-9-15(13-7-5-4-6-8-13)16(17)14-10-11-18-12-14/h3-12,15-17H,2H2,1H3/b9-3+/t15-,16-/m1/s1. The van der Waals surface area contributed by atoms with Crippen LogP contribution < -0.4 is 0 Å². The lowest BCUT2D eigenvalue weighted by Crippen LogP contribution is -2.08. The second-order valence-electron chi connectivity index (χ2n) is 4.27. The smallest absolute Gasteiger partial charge is 0.0901 e. The normalized spacial score (nSPS) is 14.8. The number of allylic oxidation sites excluding steroid dienone is 1. The SMILES string of the molecule is CC/C=C/[C@H](c1ccccc1)[C@H](O)c1ccsc1. The molecule has 1 nitrogen and oxygen atoms in total. The molecule has 94 valence electrons. The van der Waals surface area contributed by atoms with Gasteiger partial charge in [-0.15, -0.1) is 0 Å². The van der Waals surface area contributed by atoms with Crippen LogP contribution in [-0.2, 0) is 0 Å². The number of benzene rings is 1. The number of rotatable bonds is 5. The zero-order chi connectivity index (χ0) is 12.8. The molecule has 1 aromatic heterocycles. The zero-order valence-electron chi connectivity index (χ0n) is 10.5. The van der Waals surface area contributed by atoms with Gasteiger partial charge in [0.05, 0.1) is 6.10 Å². The van der Waals surface area contributed by atoms with Crippen molar-refractivity contribution in [3.8, 4) is 0 Å². The van der Waals surface area contributed by atoms with E-state index in [1.807, 2.05) is 35.0 Å². The van der Waals surface area contributed by atoms with Crippen LogP contribution in [0.15, 0.2) is 59.3 Å². The lowest BCUT2D eigenvalue weighted by atomic mass is 9.90. The molecule has 0 unspecified atom stereocenters. The Bertz CT molecular complexity index is 473. The van der Waals surface area contributed by atoms with Gasteiger partial charge in [-0.2, -0.15) is 11.3 Å². The Kier molecular flexibility index (Phi) is 4.73. The molecule has 0 amide bonds. The molecule has 0 aliphatic carbocycles. The van der Waals surface area contributed by atoms with Crippen molar-refractivity contribution in [3.05, 3.63) is 70.4 Å². The number of thiophene rings is 1. The van der Waals surface area contributed by atoms with Gasteiger partial charge >= 0.3 is 0 Å². The first kappa shape index (κ1) is 13.1. The van der Waals surface area contributed by atoms with E-state index in [1.165, 1.54) is 0 Å². The van der Waals surface area contributed by atoms with Crippen LogP contribution in [-0.4, -0.2) is 5.11 Å². The molecule has 0 fully saturated rings. The fourth-order valence-corrected chi connectivity index (χ4v) is 2.70. The number of aliphatic hydroxyl groups excluding tert-OH is 1. The van der Waals surface area contributed by atoms with Gasteiger partial charge < -0.3 is 5.11 Å². The van der Waals surface area contributed by atoms with Crippen molar-refractivity contribution in [2.24, 2.45) is 0 Å². The van der Waals surface area contributed by atoms with Gasteiger partial charge in [0.2, 0.25) is 0 Å². The third-order valence-electron chi connectivity index (χ3n) is 2.99. The monoisotopic (exact) mass is 258 g/mol. The van der Waals surface area contributed by atoms with Crippen LogP contribution in [0.3, 0.4) is 0 Å². The van der Waals surface area contributed by atoms with E-state index < -0.39 is 6.10 Å². The summed E-state index contributed by atoms with van der Waals surface area (Å²) in [6, 6.07) is 12.2. The van der Waals surface area contributed by atoms with E-state index in [0.717, 1.165) is 17.5 Å². The molecule has 0 saturated carbocycles. The summed E-state index contributed by atoms with van der Waals surface area (Å²) < 4.78 is 0. The Balaban J connectivity index is 2.28. The number of hydrogen-bond donors (Lipinski definition) is 1. The van der Waals surface area contributed by atoms with Crippen molar-refractivity contribution in [3.63, 3.8) is 0 Å². The second-order valence-corrected chi connectivity index (χ2v) is 5.05. The lowest BCUT2D eigenvalue weighted by Gasteiger charge is -2.19. The van der Waals surface area contributed by atoms with Gasteiger partial charge in [-0.25, -0.2) is 0 Å². The molecule has 2 atom stereocenters. The fraction of sp³-hybridized carbons (Fsp3) is 0.250. The molecule has 1 N–H and O–H groups in total. The molecule has 2 rings (SSSR count). The lowest BCUT2D eigenvalue weighted by molar-refractivity contribution is 0.162. The third kappa shape index (κ3) is 3.09. The maximum absolute atomic E-state index is 10.5. The van der Waals surface area contributed by atoms with Crippen molar-refractivity contribution >= 4 is 11.3 Å². The molecule has 0 spiro atoms. The molecule has 0 aliphatic rings. The minimum atomic E-state index is -0.471. The summed E-state index contributed by atoms with van der Waals surface area (Å²) >= 11 is 1.62. The maximum Gasteiger partial charge on any atom is 0.0901 e. The Morgan fingerprint density at radius 2 is 1.94 bits per heavy atom. The van der Waals surface area contributed by atoms with Gasteiger partial charge in [0.15, 0.2) is 0 Å². The zero-order valence-corrected chi connectivity index (χ0v) is 11.3. The minimum Gasteiger partial charge on any atom is -0.387 e. The van der Waals surface area contributed by atoms with Crippen molar-refractivity contribution < 1.29 is 5.11 Å². The summed E-state index contributed by atoms with van der Waals surface area (Å²) in [6.07, 6.45) is 4.74. The molecule has 0 aliphatic heterocycles. The molecular formula is C16H18OS. The van der Waals surface area contributed by atoms with Crippen LogP contribution in [0.2, 0.25) is 0 Å². The summed E-state index contributed by atoms with van der Waals surface area (Å²) in [6.45, 7) is 2.11. The average molecular weight is 258 g/mol. The van der Waals surface area contributed by atoms with Gasteiger partial charge in [-0.05, 0) is 34.4 Å². The molecule has 0 bridgehead atoms. The molecular weight excluding hydrogens is 240 g/mol. The van der Waals surface area contributed by atoms with Crippen LogP contribution in [0.25, 0.3) is 0 Å². The second kappa shape index (κ2) is 6.53. The highest BCUT2D eigenvalue weighted by Crippen LogP contribution is 2.33. The number of aliphatic hydroxyl groups is 1. The molecule has 2 aromatic rings. The largest absolute Gasteiger partial charge is 0.387 e. The molecule has 1 aromatic carbocycles. The number of hydrogen-bond acceptors (Lipinski definition) is 2. The minimum absolute atomic E-state index is 0.0285. The maximum atomic E-state index is 10.5. The molecule has 1 heterocycles. The van der Waals surface area contributed by atoms with Gasteiger partial charge in [-0.1, -0.05) is 49.4 Å². The molecule has 0 radical (unpaired) electrons. The van der Waals surface area contributed by atoms with Crippen molar-refractivity contribution in [2.75, 3.05) is 0 Å². The first-order valence-electron chi connectivity index (χ1n) is 6.24. The van der Waals surface area contributed by atoms with Crippen LogP contribution in [0.4, 0.5) is 0 Å². The van der Waals surface area contributed by atoms with E-state index in [0.29, 0.717) is 0 Å². The average Bonchev–Trinajstić information content (AvgIpc) is 2.94. The summed E-state index contributed by atoms with van der Waals surface area (Å²) in [5.41, 5.74) is 2.15. The Labute approximate surface area is 112 Å². The van der Waals surface area contributed by atoms with Gasteiger partial charge in [0.1, 0.15) is 0 Å². The van der Waals surface area contributed by atoms with Gasteiger partial charge in [0.25, 0.3) is 0 Å². The van der Waals surface area contributed by atoms with E-state index in [4.69, 9.17) is 0 Å². The van der Waals surface area contributed by atoms with Crippen molar-refractivity contribution in [1.82, 2.24) is 0 Å². The Morgan fingerprint density at radius 3 is 2.56 bits per heavy atom. The molecule has 0 saturated heterocycles. The van der Waals surface area contributed by atoms with Gasteiger partial charge in [0, 0.05) is 5.92 Å². The topological polar surface area (TPSA) is 20.2 Å². The summed E-state index contributed by atoms with van der Waals surface area (Å²) in [5, 5.41) is 14.5. The molecule has 2 heteroatoms. The summed E-state index contributed by atoms with van der Waals surface area (Å²) in [5.74, 6) is 0.0285. The van der Waals surface area contributed by atoms with E-state index in [1.54, 1.807) is 11.3 Å². The fourth-order valence-electron chi connectivity index (χ4n) is 2.01. The highest BCUT2D eigenvalue weighted by molar-refractivity contribution is 7.07. The van der Waals surface area contributed by atoms with E-state index in [-0.39, 0.29) is 5.92 Å². The van der Waals surface area contributed by atoms with Crippen LogP contribution in [0.5, 0.6) is 0 Å². The van der Waals surface area contributed by atoms with Crippen molar-refractivity contribution in [1.29, 1.82) is 0 Å². The van der Waals surface area contributed by atoms with Gasteiger partial charge in [-0.3, -0.25) is 0 Å². The van der Waals surface area contributed by atoms with Crippen LogP contribution >= 0.6 is 11.3 Å². The summed E-state index contributed by atoms with van der Waals surface area (Å²) in [4.78, 5) is 0. The van der Waals surface area contributed by atoms with E-state index in [2.05, 4.69) is 31.2 Å². The Morgan fingerprint density at radius 1 is 1.17 bits per heavy atom.